The van der Waals surface area contributed by atoms with Crippen LogP contribution < -0.4 is 4.90 Å². The second kappa shape index (κ2) is 7.23. The lowest BCUT2D eigenvalue weighted by Gasteiger charge is -2.27. The van der Waals surface area contributed by atoms with Crippen LogP contribution in [0.4, 0.5) is 5.69 Å². The molecule has 4 rings (SSSR count). The first-order chi connectivity index (χ1) is 13.5. The zero-order chi connectivity index (χ0) is 19.8. The fourth-order valence-corrected chi connectivity index (χ4v) is 3.49. The number of hydrogen-bond acceptors (Lipinski definition) is 3. The highest BCUT2D eigenvalue weighted by molar-refractivity contribution is 6.04. The van der Waals surface area contributed by atoms with Crippen LogP contribution in [0.1, 0.15) is 60.2 Å². The maximum Gasteiger partial charge on any atom is 0.298 e. The summed E-state index contributed by atoms with van der Waals surface area (Å²) in [6, 6.07) is 16.1. The van der Waals surface area contributed by atoms with Crippen LogP contribution >= 0.6 is 0 Å². The SMILES string of the molecule is Cc1ccc(C)c(N(C(=O)c2nc(C3CC3)n(-c3ccccc3)n2)C(C)C)c1. The number of aromatic nitrogens is 3. The highest BCUT2D eigenvalue weighted by Gasteiger charge is 2.33. The van der Waals surface area contributed by atoms with Crippen molar-refractivity contribution in [1.82, 2.24) is 14.8 Å². The van der Waals surface area contributed by atoms with E-state index in [4.69, 9.17) is 4.98 Å². The maximum atomic E-state index is 13.5. The monoisotopic (exact) mass is 374 g/mol. The van der Waals surface area contributed by atoms with Crippen molar-refractivity contribution >= 4 is 11.6 Å². The van der Waals surface area contributed by atoms with Gasteiger partial charge in [0.25, 0.3) is 5.91 Å². The highest BCUT2D eigenvalue weighted by atomic mass is 16.2. The number of para-hydroxylation sites is 1. The molecule has 144 valence electrons. The number of rotatable bonds is 5. The van der Waals surface area contributed by atoms with Crippen molar-refractivity contribution in [1.29, 1.82) is 0 Å². The maximum absolute atomic E-state index is 13.5. The molecule has 1 amide bonds. The van der Waals surface area contributed by atoms with Crippen LogP contribution in [0, 0.1) is 13.8 Å². The number of anilines is 1. The molecule has 0 saturated heterocycles. The molecule has 1 fully saturated rings. The van der Waals surface area contributed by atoms with Crippen LogP contribution in [-0.4, -0.2) is 26.7 Å². The van der Waals surface area contributed by atoms with E-state index in [0.29, 0.717) is 5.92 Å². The van der Waals surface area contributed by atoms with Gasteiger partial charge in [0.1, 0.15) is 5.82 Å². The van der Waals surface area contributed by atoms with E-state index in [2.05, 4.69) is 23.3 Å². The molecule has 3 aromatic rings. The van der Waals surface area contributed by atoms with Gasteiger partial charge in [-0.2, -0.15) is 0 Å². The van der Waals surface area contributed by atoms with Crippen molar-refractivity contribution < 1.29 is 4.79 Å². The quantitative estimate of drug-likeness (QED) is 0.643. The molecule has 0 radical (unpaired) electrons. The summed E-state index contributed by atoms with van der Waals surface area (Å²) in [7, 11) is 0. The molecular formula is C23H26N4O. The Morgan fingerprint density at radius 1 is 1.11 bits per heavy atom. The van der Waals surface area contributed by atoms with Crippen LogP contribution in [-0.2, 0) is 0 Å². The third kappa shape index (κ3) is 3.44. The van der Waals surface area contributed by atoms with Crippen LogP contribution in [0.5, 0.6) is 0 Å². The number of amides is 1. The van der Waals surface area contributed by atoms with Gasteiger partial charge in [-0.05, 0) is 69.9 Å². The summed E-state index contributed by atoms with van der Waals surface area (Å²) in [5.41, 5.74) is 4.06. The lowest BCUT2D eigenvalue weighted by Crippen LogP contribution is -2.38. The predicted molar refractivity (Wildman–Crippen MR) is 111 cm³/mol. The normalized spacial score (nSPS) is 13.8. The van der Waals surface area contributed by atoms with Gasteiger partial charge in [-0.1, -0.05) is 30.3 Å². The Balaban J connectivity index is 1.77. The minimum Gasteiger partial charge on any atom is -0.303 e. The van der Waals surface area contributed by atoms with E-state index in [0.717, 1.165) is 41.2 Å². The standard InChI is InChI=1S/C23H26N4O/c1-15(2)26(20-14-16(3)10-11-17(20)4)23(28)21-24-22(18-12-13-18)27(25-21)19-8-6-5-7-9-19/h5-11,14-15,18H,12-13H2,1-4H3. The number of hydrogen-bond donors (Lipinski definition) is 0. The number of carbonyl (C=O) groups excluding carboxylic acids is 1. The molecule has 0 unspecified atom stereocenters. The summed E-state index contributed by atoms with van der Waals surface area (Å²) in [6.07, 6.45) is 2.20. The van der Waals surface area contributed by atoms with Gasteiger partial charge in [-0.15, -0.1) is 5.10 Å². The number of benzene rings is 2. The van der Waals surface area contributed by atoms with Gasteiger partial charge in [0.05, 0.1) is 5.69 Å². The van der Waals surface area contributed by atoms with Gasteiger partial charge in [0.2, 0.25) is 5.82 Å². The zero-order valence-corrected chi connectivity index (χ0v) is 16.9. The first kappa shape index (κ1) is 18.4. The summed E-state index contributed by atoms with van der Waals surface area (Å²) in [6.45, 7) is 8.12. The van der Waals surface area contributed by atoms with Crippen molar-refractivity contribution in [2.45, 2.75) is 52.5 Å². The van der Waals surface area contributed by atoms with E-state index in [-0.39, 0.29) is 17.8 Å². The van der Waals surface area contributed by atoms with Crippen LogP contribution in [0.25, 0.3) is 5.69 Å². The molecule has 0 spiro atoms. The highest BCUT2D eigenvalue weighted by Crippen LogP contribution is 2.40. The Morgan fingerprint density at radius 2 is 1.82 bits per heavy atom. The second-order valence-corrected chi connectivity index (χ2v) is 7.87. The van der Waals surface area contributed by atoms with Gasteiger partial charge in [-0.3, -0.25) is 4.79 Å². The average molecular weight is 374 g/mol. The Kier molecular flexibility index (Phi) is 4.75. The smallest absolute Gasteiger partial charge is 0.298 e. The second-order valence-electron chi connectivity index (χ2n) is 7.87. The first-order valence-corrected chi connectivity index (χ1v) is 9.89. The number of carbonyl (C=O) groups is 1. The molecule has 1 heterocycles. The van der Waals surface area contributed by atoms with E-state index in [1.165, 1.54) is 0 Å². The van der Waals surface area contributed by atoms with Crippen molar-refractivity contribution in [3.63, 3.8) is 0 Å². The average Bonchev–Trinajstić information content (AvgIpc) is 3.43. The van der Waals surface area contributed by atoms with Crippen molar-refractivity contribution in [2.75, 3.05) is 4.90 Å². The third-order valence-corrected chi connectivity index (χ3v) is 5.13. The molecular weight excluding hydrogens is 348 g/mol. The summed E-state index contributed by atoms with van der Waals surface area (Å²) in [4.78, 5) is 20.0. The van der Waals surface area contributed by atoms with Crippen LogP contribution in [0.2, 0.25) is 0 Å². The van der Waals surface area contributed by atoms with E-state index in [1.807, 2.05) is 67.6 Å². The lowest BCUT2D eigenvalue weighted by molar-refractivity contribution is 0.0970. The van der Waals surface area contributed by atoms with Crippen LogP contribution in [0.15, 0.2) is 48.5 Å². The van der Waals surface area contributed by atoms with E-state index in [1.54, 1.807) is 0 Å². The molecule has 0 atom stereocenters. The fraction of sp³-hybridized carbons (Fsp3) is 0.348. The molecule has 2 aromatic carbocycles. The van der Waals surface area contributed by atoms with Gasteiger partial charge < -0.3 is 4.90 Å². The Hall–Kier alpha value is -2.95. The molecule has 5 heteroatoms. The van der Waals surface area contributed by atoms with E-state index >= 15 is 0 Å². The van der Waals surface area contributed by atoms with Gasteiger partial charge in [0.15, 0.2) is 0 Å². The summed E-state index contributed by atoms with van der Waals surface area (Å²) >= 11 is 0. The Labute approximate surface area is 166 Å². The largest absolute Gasteiger partial charge is 0.303 e. The van der Waals surface area contributed by atoms with E-state index < -0.39 is 0 Å². The van der Waals surface area contributed by atoms with Gasteiger partial charge in [0, 0.05) is 17.6 Å². The van der Waals surface area contributed by atoms with Crippen LogP contribution in [0.3, 0.4) is 0 Å². The Bertz CT molecular complexity index is 1000. The van der Waals surface area contributed by atoms with Crippen molar-refractivity contribution in [3.05, 3.63) is 71.3 Å². The lowest BCUT2D eigenvalue weighted by atomic mass is 10.1. The number of aryl methyl sites for hydroxylation is 2. The topological polar surface area (TPSA) is 51.0 Å². The minimum absolute atomic E-state index is 0.000972. The third-order valence-electron chi connectivity index (χ3n) is 5.13. The Morgan fingerprint density at radius 3 is 2.46 bits per heavy atom. The molecule has 1 saturated carbocycles. The molecule has 1 aromatic heterocycles. The van der Waals surface area contributed by atoms with Gasteiger partial charge >= 0.3 is 0 Å². The molecule has 5 nitrogen and oxygen atoms in total. The molecule has 0 bridgehead atoms. The minimum atomic E-state index is -0.153. The predicted octanol–water partition coefficient (Wildman–Crippen LogP) is 4.82. The summed E-state index contributed by atoms with van der Waals surface area (Å²) < 4.78 is 1.84. The van der Waals surface area contributed by atoms with Crippen molar-refractivity contribution in [2.24, 2.45) is 0 Å². The number of nitrogens with zero attached hydrogens (tertiary/aromatic N) is 4. The molecule has 1 aliphatic rings. The summed E-state index contributed by atoms with van der Waals surface area (Å²) in [5, 5.41) is 4.64. The molecule has 28 heavy (non-hydrogen) atoms. The zero-order valence-electron chi connectivity index (χ0n) is 16.9. The van der Waals surface area contributed by atoms with E-state index in [9.17, 15) is 4.79 Å². The molecule has 1 aliphatic carbocycles. The van der Waals surface area contributed by atoms with Gasteiger partial charge in [-0.25, -0.2) is 9.67 Å². The molecule has 0 aliphatic heterocycles. The fourth-order valence-electron chi connectivity index (χ4n) is 3.49. The summed E-state index contributed by atoms with van der Waals surface area (Å²) in [5.74, 6) is 1.39. The van der Waals surface area contributed by atoms with Crippen molar-refractivity contribution in [3.8, 4) is 5.69 Å². The molecule has 0 N–H and O–H groups in total. The first-order valence-electron chi connectivity index (χ1n) is 9.89.